The largest absolute Gasteiger partial charge is 0.209 e. The standard InChI is InChI=1S/C20H25B/c1-5-11-20(18-14-9-7-12-16(18)3)21(6-2)19-15-10-8-13-17(19)4/h7-15H,5-6H2,1-4H3/b20-11+. The Morgan fingerprint density at radius 2 is 1.52 bits per heavy atom. The van der Waals surface area contributed by atoms with Crippen molar-refractivity contribution < 1.29 is 0 Å². The van der Waals surface area contributed by atoms with Crippen molar-refractivity contribution in [3.8, 4) is 0 Å². The lowest BCUT2D eigenvalue weighted by Crippen LogP contribution is -2.33. The third kappa shape index (κ3) is 3.47. The van der Waals surface area contributed by atoms with Gasteiger partial charge < -0.3 is 0 Å². The van der Waals surface area contributed by atoms with Crippen molar-refractivity contribution in [2.75, 3.05) is 0 Å². The van der Waals surface area contributed by atoms with Crippen LogP contribution in [0.3, 0.4) is 0 Å². The lowest BCUT2D eigenvalue weighted by Gasteiger charge is -2.20. The van der Waals surface area contributed by atoms with Gasteiger partial charge in [-0.05, 0) is 31.4 Å². The van der Waals surface area contributed by atoms with Gasteiger partial charge in [-0.25, -0.2) is 0 Å². The molecule has 0 radical (unpaired) electrons. The lowest BCUT2D eigenvalue weighted by molar-refractivity contribution is 1.23. The van der Waals surface area contributed by atoms with Crippen LogP contribution in [-0.2, 0) is 0 Å². The summed E-state index contributed by atoms with van der Waals surface area (Å²) in [6.07, 6.45) is 4.61. The molecule has 0 unspecified atom stereocenters. The smallest absolute Gasteiger partial charge is 0.0893 e. The van der Waals surface area contributed by atoms with Gasteiger partial charge in [0.15, 0.2) is 0 Å². The van der Waals surface area contributed by atoms with Gasteiger partial charge in [0.2, 0.25) is 6.71 Å². The van der Waals surface area contributed by atoms with Crippen LogP contribution < -0.4 is 5.46 Å². The predicted molar refractivity (Wildman–Crippen MR) is 96.5 cm³/mol. The van der Waals surface area contributed by atoms with Crippen LogP contribution in [0.4, 0.5) is 0 Å². The van der Waals surface area contributed by atoms with E-state index in [4.69, 9.17) is 0 Å². The molecule has 0 aliphatic carbocycles. The fourth-order valence-electron chi connectivity index (χ4n) is 3.14. The third-order valence-corrected chi connectivity index (χ3v) is 4.23. The van der Waals surface area contributed by atoms with E-state index in [1.54, 1.807) is 0 Å². The van der Waals surface area contributed by atoms with Gasteiger partial charge in [0.25, 0.3) is 0 Å². The molecule has 0 spiro atoms. The third-order valence-electron chi connectivity index (χ3n) is 4.23. The van der Waals surface area contributed by atoms with E-state index < -0.39 is 0 Å². The van der Waals surface area contributed by atoms with E-state index in [0.717, 1.165) is 12.7 Å². The van der Waals surface area contributed by atoms with Crippen molar-refractivity contribution >= 4 is 17.6 Å². The number of benzene rings is 2. The van der Waals surface area contributed by atoms with Gasteiger partial charge in [-0.2, -0.15) is 0 Å². The van der Waals surface area contributed by atoms with Crippen LogP contribution in [0.1, 0.15) is 37.0 Å². The van der Waals surface area contributed by atoms with Crippen molar-refractivity contribution in [2.24, 2.45) is 0 Å². The second kappa shape index (κ2) is 7.31. The fourth-order valence-corrected chi connectivity index (χ4v) is 3.14. The first kappa shape index (κ1) is 15.6. The fraction of sp³-hybridized carbons (Fsp3) is 0.300. The Labute approximate surface area is 130 Å². The van der Waals surface area contributed by atoms with E-state index in [0.29, 0.717) is 6.71 Å². The maximum absolute atomic E-state index is 2.41. The number of hydrogen-bond acceptors (Lipinski definition) is 0. The molecule has 2 rings (SSSR count). The predicted octanol–water partition coefficient (Wildman–Crippen LogP) is 5.06. The van der Waals surface area contributed by atoms with Crippen molar-refractivity contribution in [3.05, 3.63) is 71.3 Å². The topological polar surface area (TPSA) is 0 Å². The Balaban J connectivity index is 2.54. The Morgan fingerprint density at radius 3 is 2.10 bits per heavy atom. The summed E-state index contributed by atoms with van der Waals surface area (Å²) in [6, 6.07) is 17.5. The molecule has 0 nitrogen and oxygen atoms in total. The second-order valence-electron chi connectivity index (χ2n) is 5.70. The number of rotatable bonds is 5. The molecule has 0 aliphatic rings. The molecule has 0 saturated heterocycles. The van der Waals surface area contributed by atoms with Gasteiger partial charge in [0.05, 0.1) is 0 Å². The number of allylic oxidation sites excluding steroid dienone is 1. The minimum Gasteiger partial charge on any atom is -0.0893 e. The maximum Gasteiger partial charge on any atom is 0.209 e. The molecule has 0 fully saturated rings. The Bertz CT molecular complexity index is 625. The summed E-state index contributed by atoms with van der Waals surface area (Å²) in [4.78, 5) is 0. The average Bonchev–Trinajstić information content (AvgIpc) is 2.49. The highest BCUT2D eigenvalue weighted by Gasteiger charge is 2.22. The minimum atomic E-state index is 0.479. The van der Waals surface area contributed by atoms with Gasteiger partial charge in [0.1, 0.15) is 0 Å². The molecule has 0 aliphatic heterocycles. The van der Waals surface area contributed by atoms with Crippen molar-refractivity contribution in [2.45, 2.75) is 40.4 Å². The molecular weight excluding hydrogens is 251 g/mol. The summed E-state index contributed by atoms with van der Waals surface area (Å²) >= 11 is 0. The molecule has 2 aromatic rings. The Morgan fingerprint density at radius 1 is 0.905 bits per heavy atom. The zero-order chi connectivity index (χ0) is 15.2. The first-order chi connectivity index (χ1) is 10.2. The van der Waals surface area contributed by atoms with Gasteiger partial charge in [-0.3, -0.25) is 0 Å². The normalized spacial score (nSPS) is 11.5. The highest BCUT2D eigenvalue weighted by atomic mass is 14.1. The molecule has 2 aromatic carbocycles. The van der Waals surface area contributed by atoms with Gasteiger partial charge >= 0.3 is 0 Å². The van der Waals surface area contributed by atoms with E-state index in [-0.39, 0.29) is 0 Å². The Kier molecular flexibility index (Phi) is 5.44. The first-order valence-corrected chi connectivity index (χ1v) is 8.00. The molecule has 0 aromatic heterocycles. The number of hydrogen-bond donors (Lipinski definition) is 0. The van der Waals surface area contributed by atoms with Crippen molar-refractivity contribution in [1.29, 1.82) is 0 Å². The van der Waals surface area contributed by atoms with Crippen LogP contribution in [0, 0.1) is 13.8 Å². The first-order valence-electron chi connectivity index (χ1n) is 8.00. The number of aryl methyl sites for hydroxylation is 2. The SMILES string of the molecule is CC/C=C(/B(CC)c1ccccc1C)c1ccccc1C. The molecule has 0 amide bonds. The second-order valence-corrected chi connectivity index (χ2v) is 5.70. The zero-order valence-electron chi connectivity index (χ0n) is 13.7. The van der Waals surface area contributed by atoms with E-state index in [2.05, 4.69) is 82.3 Å². The Hall–Kier alpha value is -1.76. The molecule has 0 saturated carbocycles. The summed E-state index contributed by atoms with van der Waals surface area (Å²) in [7, 11) is 0. The van der Waals surface area contributed by atoms with Crippen molar-refractivity contribution in [1.82, 2.24) is 0 Å². The quantitative estimate of drug-likeness (QED) is 0.670. The van der Waals surface area contributed by atoms with Crippen LogP contribution >= 0.6 is 0 Å². The molecule has 0 N–H and O–H groups in total. The van der Waals surface area contributed by atoms with Crippen LogP contribution in [0.15, 0.2) is 54.6 Å². The van der Waals surface area contributed by atoms with E-state index in [1.807, 2.05) is 0 Å². The average molecular weight is 276 g/mol. The minimum absolute atomic E-state index is 0.479. The molecule has 1 heteroatoms. The molecule has 21 heavy (non-hydrogen) atoms. The molecule has 0 atom stereocenters. The van der Waals surface area contributed by atoms with E-state index in [1.165, 1.54) is 27.6 Å². The molecule has 0 bridgehead atoms. The van der Waals surface area contributed by atoms with Gasteiger partial charge in [-0.15, -0.1) is 0 Å². The molecule has 108 valence electrons. The zero-order valence-corrected chi connectivity index (χ0v) is 13.7. The monoisotopic (exact) mass is 276 g/mol. The summed E-state index contributed by atoms with van der Waals surface area (Å²) in [6.45, 7) is 9.43. The van der Waals surface area contributed by atoms with Crippen LogP contribution in [-0.4, -0.2) is 6.71 Å². The van der Waals surface area contributed by atoms with Crippen LogP contribution in [0.5, 0.6) is 0 Å². The van der Waals surface area contributed by atoms with E-state index in [9.17, 15) is 0 Å². The highest BCUT2D eigenvalue weighted by Crippen LogP contribution is 2.24. The summed E-state index contributed by atoms with van der Waals surface area (Å²) in [5, 5.41) is 0. The van der Waals surface area contributed by atoms with Gasteiger partial charge in [-0.1, -0.05) is 91.3 Å². The summed E-state index contributed by atoms with van der Waals surface area (Å²) in [5.41, 5.74) is 7.09. The van der Waals surface area contributed by atoms with Gasteiger partial charge in [0, 0.05) is 0 Å². The summed E-state index contributed by atoms with van der Waals surface area (Å²) < 4.78 is 0. The summed E-state index contributed by atoms with van der Waals surface area (Å²) in [5.74, 6) is 0. The maximum atomic E-state index is 2.41. The van der Waals surface area contributed by atoms with Crippen LogP contribution in [0.2, 0.25) is 6.32 Å². The van der Waals surface area contributed by atoms with Crippen molar-refractivity contribution in [3.63, 3.8) is 0 Å². The lowest BCUT2D eigenvalue weighted by atomic mass is 9.36. The highest BCUT2D eigenvalue weighted by molar-refractivity contribution is 6.90. The molecular formula is C20H25B. The van der Waals surface area contributed by atoms with Crippen LogP contribution in [0.25, 0.3) is 5.47 Å². The molecule has 0 heterocycles. The van der Waals surface area contributed by atoms with E-state index >= 15 is 0 Å².